The van der Waals surface area contributed by atoms with Crippen molar-refractivity contribution in [3.05, 3.63) is 0 Å². The monoisotopic (exact) mass is 266 g/mol. The summed E-state index contributed by atoms with van der Waals surface area (Å²) in [6.07, 6.45) is -3.59. The highest BCUT2D eigenvalue weighted by atomic mass is 19.4. The zero-order valence-electron chi connectivity index (χ0n) is 10.7. The molecule has 2 heterocycles. The molecule has 0 radical (unpaired) electrons. The summed E-state index contributed by atoms with van der Waals surface area (Å²) in [6.45, 7) is 2.14. The van der Waals surface area contributed by atoms with Crippen molar-refractivity contribution < 1.29 is 18.3 Å². The highest BCUT2D eigenvalue weighted by molar-refractivity contribution is 4.90. The molecule has 106 valence electrons. The number of piperidine rings is 2. The summed E-state index contributed by atoms with van der Waals surface area (Å²) in [5.41, 5.74) is 0. The van der Waals surface area contributed by atoms with Gasteiger partial charge in [-0.3, -0.25) is 0 Å². The van der Waals surface area contributed by atoms with Crippen LogP contribution in [0, 0.1) is 5.92 Å². The lowest BCUT2D eigenvalue weighted by Crippen LogP contribution is -2.54. The Kier molecular flexibility index (Phi) is 4.18. The van der Waals surface area contributed by atoms with Gasteiger partial charge < -0.3 is 14.9 Å². The summed E-state index contributed by atoms with van der Waals surface area (Å²) in [5.74, 6) is 0.456. The third kappa shape index (κ3) is 3.16. The lowest BCUT2D eigenvalue weighted by molar-refractivity contribution is -0.209. The maximum Gasteiger partial charge on any atom is 0.415 e. The van der Waals surface area contributed by atoms with Crippen molar-refractivity contribution in [3.63, 3.8) is 0 Å². The lowest BCUT2D eigenvalue weighted by Gasteiger charge is -2.46. The van der Waals surface area contributed by atoms with Gasteiger partial charge in [-0.25, -0.2) is 0 Å². The first-order chi connectivity index (χ1) is 8.38. The van der Waals surface area contributed by atoms with Crippen LogP contribution in [-0.4, -0.2) is 66.5 Å². The van der Waals surface area contributed by atoms with Gasteiger partial charge in [-0.2, -0.15) is 13.2 Å². The van der Waals surface area contributed by atoms with Gasteiger partial charge in [-0.05, 0) is 45.3 Å². The van der Waals surface area contributed by atoms with E-state index < -0.39 is 12.3 Å². The van der Waals surface area contributed by atoms with E-state index in [1.807, 2.05) is 0 Å². The number of halogens is 3. The van der Waals surface area contributed by atoms with Gasteiger partial charge in [0.2, 0.25) is 0 Å². The summed E-state index contributed by atoms with van der Waals surface area (Å²) >= 11 is 0. The fourth-order valence-corrected chi connectivity index (χ4v) is 3.24. The van der Waals surface area contributed by atoms with Crippen LogP contribution in [0.25, 0.3) is 0 Å². The number of hydrogen-bond acceptors (Lipinski definition) is 3. The van der Waals surface area contributed by atoms with Gasteiger partial charge in [0.1, 0.15) is 0 Å². The number of aliphatic hydroxyl groups excluding tert-OH is 1. The number of aliphatic hydroxyl groups is 1. The summed E-state index contributed by atoms with van der Waals surface area (Å²) in [4.78, 5) is 4.09. The number of fused-ring (bicyclic) bond motifs is 1. The molecule has 0 amide bonds. The van der Waals surface area contributed by atoms with Crippen molar-refractivity contribution in [2.45, 2.75) is 37.6 Å². The van der Waals surface area contributed by atoms with Crippen LogP contribution in [-0.2, 0) is 0 Å². The Bertz CT molecular complexity index is 285. The second-order valence-corrected chi connectivity index (χ2v) is 5.56. The highest BCUT2D eigenvalue weighted by Gasteiger charge is 2.41. The van der Waals surface area contributed by atoms with E-state index in [1.54, 1.807) is 4.90 Å². The highest BCUT2D eigenvalue weighted by Crippen LogP contribution is 2.30. The first kappa shape index (κ1) is 14.1. The molecular weight excluding hydrogens is 245 g/mol. The smallest absolute Gasteiger partial charge is 0.382 e. The SMILES string of the molecule is CN1CCCC2CN(CC(O)C(F)(F)F)CCC21. The van der Waals surface area contributed by atoms with Crippen molar-refractivity contribution in [3.8, 4) is 0 Å². The molecule has 3 nitrogen and oxygen atoms in total. The van der Waals surface area contributed by atoms with Gasteiger partial charge in [0.05, 0.1) is 0 Å². The third-order valence-corrected chi connectivity index (χ3v) is 4.24. The van der Waals surface area contributed by atoms with Crippen molar-refractivity contribution >= 4 is 0 Å². The van der Waals surface area contributed by atoms with E-state index in [0.29, 0.717) is 25.0 Å². The Morgan fingerprint density at radius 3 is 2.67 bits per heavy atom. The Hall–Kier alpha value is -0.330. The van der Waals surface area contributed by atoms with E-state index in [-0.39, 0.29) is 6.54 Å². The molecule has 2 saturated heterocycles. The van der Waals surface area contributed by atoms with E-state index in [9.17, 15) is 13.2 Å². The summed E-state index contributed by atoms with van der Waals surface area (Å²) in [7, 11) is 2.09. The minimum atomic E-state index is -4.50. The Balaban J connectivity index is 1.87. The molecule has 6 heteroatoms. The second-order valence-electron chi connectivity index (χ2n) is 5.56. The van der Waals surface area contributed by atoms with Crippen LogP contribution in [0.15, 0.2) is 0 Å². The van der Waals surface area contributed by atoms with Gasteiger partial charge in [0.25, 0.3) is 0 Å². The first-order valence-electron chi connectivity index (χ1n) is 6.55. The molecule has 1 N–H and O–H groups in total. The number of β-amino-alcohol motifs (C(OH)–C–C–N with tert-alkyl or cyclic N) is 1. The second kappa shape index (κ2) is 5.35. The molecule has 3 unspecified atom stereocenters. The Labute approximate surface area is 106 Å². The van der Waals surface area contributed by atoms with E-state index >= 15 is 0 Å². The number of likely N-dealkylation sites (tertiary alicyclic amines) is 2. The average molecular weight is 266 g/mol. The molecule has 2 aliphatic heterocycles. The van der Waals surface area contributed by atoms with Crippen LogP contribution in [0.3, 0.4) is 0 Å². The van der Waals surface area contributed by atoms with Gasteiger partial charge in [-0.1, -0.05) is 0 Å². The van der Waals surface area contributed by atoms with Crippen LogP contribution in [0.5, 0.6) is 0 Å². The fraction of sp³-hybridized carbons (Fsp3) is 1.00. The van der Waals surface area contributed by atoms with Gasteiger partial charge in [0, 0.05) is 19.1 Å². The number of nitrogens with zero attached hydrogens (tertiary/aromatic N) is 2. The molecule has 0 aromatic heterocycles. The van der Waals surface area contributed by atoms with Gasteiger partial charge in [0.15, 0.2) is 6.10 Å². The van der Waals surface area contributed by atoms with Crippen LogP contribution >= 0.6 is 0 Å². The summed E-state index contributed by atoms with van der Waals surface area (Å²) in [6, 6.07) is 0.512. The Morgan fingerprint density at radius 1 is 1.28 bits per heavy atom. The zero-order chi connectivity index (χ0) is 13.3. The topological polar surface area (TPSA) is 26.7 Å². The molecule has 3 atom stereocenters. The van der Waals surface area contributed by atoms with Crippen molar-refractivity contribution in [1.82, 2.24) is 9.80 Å². The van der Waals surface area contributed by atoms with Crippen LogP contribution in [0.2, 0.25) is 0 Å². The van der Waals surface area contributed by atoms with E-state index in [4.69, 9.17) is 5.11 Å². The molecule has 2 aliphatic rings. The number of alkyl halides is 3. The van der Waals surface area contributed by atoms with Crippen molar-refractivity contribution in [1.29, 1.82) is 0 Å². The first-order valence-corrected chi connectivity index (χ1v) is 6.55. The molecule has 0 spiro atoms. The molecule has 0 saturated carbocycles. The number of rotatable bonds is 2. The molecule has 0 aromatic carbocycles. The molecule has 2 fully saturated rings. The quantitative estimate of drug-likeness (QED) is 0.817. The van der Waals surface area contributed by atoms with Crippen LogP contribution in [0.4, 0.5) is 13.2 Å². The van der Waals surface area contributed by atoms with Crippen LogP contribution in [0.1, 0.15) is 19.3 Å². The van der Waals surface area contributed by atoms with Crippen LogP contribution < -0.4 is 0 Å². The predicted molar refractivity (Wildman–Crippen MR) is 62.3 cm³/mol. The number of hydrogen-bond donors (Lipinski definition) is 1. The maximum atomic E-state index is 12.3. The summed E-state index contributed by atoms with van der Waals surface area (Å²) in [5, 5.41) is 9.11. The third-order valence-electron chi connectivity index (χ3n) is 4.24. The lowest BCUT2D eigenvalue weighted by atomic mass is 9.84. The average Bonchev–Trinajstić information content (AvgIpc) is 2.28. The molecule has 2 rings (SSSR count). The molecular formula is C12H21F3N2O. The normalized spacial score (nSPS) is 33.2. The fourth-order valence-electron chi connectivity index (χ4n) is 3.24. The molecule has 0 aromatic rings. The minimum Gasteiger partial charge on any atom is -0.382 e. The van der Waals surface area contributed by atoms with E-state index in [1.165, 1.54) is 0 Å². The van der Waals surface area contributed by atoms with Crippen molar-refractivity contribution in [2.24, 2.45) is 5.92 Å². The predicted octanol–water partition coefficient (Wildman–Crippen LogP) is 1.33. The summed E-state index contributed by atoms with van der Waals surface area (Å²) < 4.78 is 36.9. The standard InChI is InChI=1S/C12H21F3N2O/c1-16-5-2-3-9-7-17(6-4-10(9)16)8-11(18)12(13,14)15/h9-11,18H,2-8H2,1H3. The molecule has 0 aliphatic carbocycles. The zero-order valence-corrected chi connectivity index (χ0v) is 10.7. The van der Waals surface area contributed by atoms with Gasteiger partial charge >= 0.3 is 6.18 Å². The largest absolute Gasteiger partial charge is 0.415 e. The van der Waals surface area contributed by atoms with Crippen molar-refractivity contribution in [2.75, 3.05) is 33.2 Å². The van der Waals surface area contributed by atoms with Gasteiger partial charge in [-0.15, -0.1) is 0 Å². The minimum absolute atomic E-state index is 0.281. The van der Waals surface area contributed by atoms with E-state index in [0.717, 1.165) is 25.8 Å². The van der Waals surface area contributed by atoms with E-state index in [2.05, 4.69) is 11.9 Å². The molecule has 18 heavy (non-hydrogen) atoms. The Morgan fingerprint density at radius 2 is 2.00 bits per heavy atom. The molecule has 0 bridgehead atoms. The maximum absolute atomic E-state index is 12.3.